The molecule has 39 heavy (non-hydrogen) atoms. The average Bonchev–Trinajstić information content (AvgIpc) is 2.96. The Balaban J connectivity index is 1.21. The highest BCUT2D eigenvalue weighted by atomic mass is 32.2. The fourth-order valence-corrected chi connectivity index (χ4v) is 9.00. The van der Waals surface area contributed by atoms with Crippen LogP contribution in [0.5, 0.6) is 0 Å². The van der Waals surface area contributed by atoms with Gasteiger partial charge in [-0.15, -0.1) is 0 Å². The lowest BCUT2D eigenvalue weighted by Gasteiger charge is -2.45. The summed E-state index contributed by atoms with van der Waals surface area (Å²) in [6.45, 7) is 8.92. The number of carbonyl (C=O) groups excluding carboxylic acids is 1. The van der Waals surface area contributed by atoms with E-state index in [-0.39, 0.29) is 30.5 Å². The van der Waals surface area contributed by atoms with Gasteiger partial charge in [0.05, 0.1) is 12.6 Å². The Kier molecular flexibility index (Phi) is 9.17. The lowest BCUT2D eigenvalue weighted by molar-refractivity contribution is -0.141. The van der Waals surface area contributed by atoms with E-state index >= 15 is 0 Å². The fourth-order valence-electron chi connectivity index (χ4n) is 7.88. The molecule has 3 heterocycles. The van der Waals surface area contributed by atoms with Gasteiger partial charge in [-0.3, -0.25) is 20.3 Å². The van der Waals surface area contributed by atoms with Crippen LogP contribution in [-0.2, 0) is 9.53 Å². The third kappa shape index (κ3) is 6.68. The van der Waals surface area contributed by atoms with Crippen molar-refractivity contribution >= 4 is 17.9 Å². The van der Waals surface area contributed by atoms with Gasteiger partial charge in [-0.2, -0.15) is 0 Å². The van der Waals surface area contributed by atoms with E-state index in [0.29, 0.717) is 17.8 Å². The zero-order valence-electron chi connectivity index (χ0n) is 24.0. The molecule has 0 radical (unpaired) electrons. The number of carbonyl (C=O) groups is 1. The summed E-state index contributed by atoms with van der Waals surface area (Å²) in [6.07, 6.45) is 11.9. The molecule has 8 heteroatoms. The lowest BCUT2D eigenvalue weighted by atomic mass is 9.87. The molecule has 1 amide bonds. The van der Waals surface area contributed by atoms with Gasteiger partial charge in [-0.1, -0.05) is 55.8 Å². The van der Waals surface area contributed by atoms with E-state index in [1.54, 1.807) is 0 Å². The molecule has 3 saturated heterocycles. The molecule has 1 aromatic rings. The topological polar surface area (TPSA) is 68.9 Å². The van der Waals surface area contributed by atoms with E-state index in [0.717, 1.165) is 51.4 Å². The minimum Gasteiger partial charge on any atom is -0.362 e. The number of aryl methyl sites for hydroxylation is 2. The minimum atomic E-state index is -0.0419. The highest BCUT2D eigenvalue weighted by Crippen LogP contribution is 2.35. The van der Waals surface area contributed by atoms with Crippen LogP contribution in [-0.4, -0.2) is 72.3 Å². The molecule has 0 aromatic heterocycles. The van der Waals surface area contributed by atoms with E-state index in [2.05, 4.69) is 57.2 Å². The molecule has 5 unspecified atom stereocenters. The van der Waals surface area contributed by atoms with Crippen molar-refractivity contribution < 1.29 is 9.53 Å². The Morgan fingerprint density at radius 2 is 1.77 bits per heavy atom. The summed E-state index contributed by atoms with van der Waals surface area (Å²) < 4.78 is 10.5. The molecule has 0 spiro atoms. The maximum absolute atomic E-state index is 13.5. The SMILES string of the molecule is Cc1cccc(C)c1C1CC2NC(NSC3CCCC(C3)CN3CCN(C(=O)C4CCCCC4)C[C@@H]3CO2)N1. The van der Waals surface area contributed by atoms with Crippen molar-refractivity contribution in [2.24, 2.45) is 11.8 Å². The second-order valence-electron chi connectivity index (χ2n) is 12.8. The largest absolute Gasteiger partial charge is 0.362 e. The first kappa shape index (κ1) is 28.0. The first-order chi connectivity index (χ1) is 19.0. The van der Waals surface area contributed by atoms with Gasteiger partial charge < -0.3 is 9.64 Å². The molecule has 5 fully saturated rings. The molecule has 6 atom stereocenters. The Labute approximate surface area is 239 Å². The number of rotatable bonds is 2. The van der Waals surface area contributed by atoms with Crippen molar-refractivity contribution in [3.63, 3.8) is 0 Å². The number of nitrogens with zero attached hydrogens (tertiary/aromatic N) is 2. The Bertz CT molecular complexity index is 967. The van der Waals surface area contributed by atoms with Crippen molar-refractivity contribution in [2.45, 2.75) is 108 Å². The first-order valence-corrected chi connectivity index (χ1v) is 16.6. The molecule has 3 N–H and O–H groups in total. The Morgan fingerprint density at radius 1 is 0.949 bits per heavy atom. The van der Waals surface area contributed by atoms with Crippen LogP contribution in [0.25, 0.3) is 0 Å². The summed E-state index contributed by atoms with van der Waals surface area (Å²) in [7, 11) is 0. The van der Waals surface area contributed by atoms with Gasteiger partial charge in [-0.25, -0.2) is 4.72 Å². The zero-order chi connectivity index (χ0) is 26.8. The number of benzene rings is 1. The molecule has 4 bridgehead atoms. The second-order valence-corrected chi connectivity index (χ2v) is 14.0. The third-order valence-corrected chi connectivity index (χ3v) is 11.1. The summed E-state index contributed by atoms with van der Waals surface area (Å²) in [4.78, 5) is 18.4. The third-order valence-electron chi connectivity index (χ3n) is 10.0. The lowest BCUT2D eigenvalue weighted by Crippen LogP contribution is -2.62. The van der Waals surface area contributed by atoms with Crippen molar-refractivity contribution in [3.8, 4) is 0 Å². The van der Waals surface area contributed by atoms with Crippen LogP contribution in [0, 0.1) is 25.7 Å². The summed E-state index contributed by atoms with van der Waals surface area (Å²) >= 11 is 1.92. The molecule has 2 saturated carbocycles. The number of piperazine rings is 1. The standard InChI is InChI=1S/C31H49N5O2S/c1-21-8-6-9-22(2)29(21)27-17-28-33-31(32-27)34-39-26-13-7-10-23(16-26)18-35-14-15-36(19-25(35)20-38-28)30(37)24-11-4-3-5-12-24/h6,8-9,23-28,31-34H,3-5,7,10-20H2,1-2H3/t23?,25-,26?,27?,28?,31?/m1/s1. The first-order valence-electron chi connectivity index (χ1n) is 15.7. The highest BCUT2D eigenvalue weighted by molar-refractivity contribution is 7.98. The minimum absolute atomic E-state index is 0.00859. The molecule has 1 aromatic carbocycles. The van der Waals surface area contributed by atoms with E-state index < -0.39 is 0 Å². The number of hydrogen-bond acceptors (Lipinski definition) is 7. The molecule has 216 valence electrons. The van der Waals surface area contributed by atoms with Crippen LogP contribution in [0.3, 0.4) is 0 Å². The number of nitrogens with one attached hydrogen (secondary N) is 3. The van der Waals surface area contributed by atoms with Crippen LogP contribution < -0.4 is 15.4 Å². The monoisotopic (exact) mass is 555 g/mol. The predicted octanol–water partition coefficient (Wildman–Crippen LogP) is 4.46. The molecular weight excluding hydrogens is 506 g/mol. The van der Waals surface area contributed by atoms with Crippen LogP contribution in [0.2, 0.25) is 0 Å². The zero-order valence-corrected chi connectivity index (χ0v) is 24.8. The summed E-state index contributed by atoms with van der Waals surface area (Å²) in [5, 5.41) is 8.21. The van der Waals surface area contributed by atoms with Crippen molar-refractivity contribution in [2.75, 3.05) is 32.8 Å². The summed E-state index contributed by atoms with van der Waals surface area (Å²) in [5.41, 5.74) is 4.07. The van der Waals surface area contributed by atoms with E-state index in [9.17, 15) is 4.79 Å². The van der Waals surface area contributed by atoms with Crippen molar-refractivity contribution in [1.29, 1.82) is 0 Å². The normalized spacial score (nSPS) is 35.3. The van der Waals surface area contributed by atoms with E-state index in [1.165, 1.54) is 61.6 Å². The molecule has 5 aliphatic rings. The number of amides is 1. The van der Waals surface area contributed by atoms with Crippen LogP contribution in [0.15, 0.2) is 18.2 Å². The van der Waals surface area contributed by atoms with Crippen LogP contribution in [0.1, 0.15) is 86.9 Å². The molecule has 2 aliphatic carbocycles. The van der Waals surface area contributed by atoms with Gasteiger partial charge in [0.1, 0.15) is 12.5 Å². The van der Waals surface area contributed by atoms with E-state index in [4.69, 9.17) is 4.74 Å². The number of fused-ring (bicyclic) bond motifs is 5. The summed E-state index contributed by atoms with van der Waals surface area (Å²) in [5.74, 6) is 1.38. The van der Waals surface area contributed by atoms with Crippen LogP contribution in [0.4, 0.5) is 0 Å². The van der Waals surface area contributed by atoms with Crippen molar-refractivity contribution in [1.82, 2.24) is 25.2 Å². The molecule has 3 aliphatic heterocycles. The van der Waals surface area contributed by atoms with E-state index in [1.807, 2.05) is 11.9 Å². The van der Waals surface area contributed by atoms with Gasteiger partial charge in [0.25, 0.3) is 0 Å². The summed E-state index contributed by atoms with van der Waals surface area (Å²) in [6, 6.07) is 7.10. The quantitative estimate of drug-likeness (QED) is 0.466. The van der Waals surface area contributed by atoms with Crippen LogP contribution >= 0.6 is 11.9 Å². The molecule has 7 nitrogen and oxygen atoms in total. The second kappa shape index (κ2) is 12.8. The number of ether oxygens (including phenoxy) is 1. The highest BCUT2D eigenvalue weighted by Gasteiger charge is 2.37. The van der Waals surface area contributed by atoms with Crippen molar-refractivity contribution in [3.05, 3.63) is 34.9 Å². The Hall–Kier alpha value is -1.16. The predicted molar refractivity (Wildman–Crippen MR) is 158 cm³/mol. The molecular formula is C31H49N5O2S. The smallest absolute Gasteiger partial charge is 0.225 e. The van der Waals surface area contributed by atoms with Gasteiger partial charge >= 0.3 is 0 Å². The molecule has 6 rings (SSSR count). The number of hydrogen-bond donors (Lipinski definition) is 3. The van der Waals surface area contributed by atoms with Gasteiger partial charge in [-0.05, 0) is 68.6 Å². The average molecular weight is 556 g/mol. The fraction of sp³-hybridized carbons (Fsp3) is 0.774. The van der Waals surface area contributed by atoms with Gasteiger partial charge in [0, 0.05) is 49.8 Å². The maximum atomic E-state index is 13.5. The van der Waals surface area contributed by atoms with Gasteiger partial charge in [0.15, 0.2) is 0 Å². The Morgan fingerprint density at radius 3 is 2.59 bits per heavy atom. The van der Waals surface area contributed by atoms with Gasteiger partial charge in [0.2, 0.25) is 5.91 Å². The maximum Gasteiger partial charge on any atom is 0.225 e.